The molecule has 0 saturated heterocycles. The lowest BCUT2D eigenvalue weighted by Gasteiger charge is -2.29. The summed E-state index contributed by atoms with van der Waals surface area (Å²) in [5.41, 5.74) is -0.116. The van der Waals surface area contributed by atoms with E-state index < -0.39 is 0 Å². The Bertz CT molecular complexity index is 468. The smallest absolute Gasteiger partial charge is 0.0610 e. The van der Waals surface area contributed by atoms with Crippen LogP contribution in [-0.4, -0.2) is 29.0 Å². The zero-order valence-electron chi connectivity index (χ0n) is 12.4. The molecular weight excluding hydrogens is 325 g/mol. The minimum Gasteiger partial charge on any atom is -0.394 e. The molecule has 5 heteroatoms. The molecule has 0 heterocycles. The highest BCUT2D eigenvalue weighted by molar-refractivity contribution is 7.99. The van der Waals surface area contributed by atoms with Gasteiger partial charge in [0.1, 0.15) is 0 Å². The van der Waals surface area contributed by atoms with Crippen LogP contribution in [0.3, 0.4) is 0 Å². The Kier molecular flexibility index (Phi) is 6.70. The fourth-order valence-electron chi connectivity index (χ4n) is 2.29. The number of aliphatic hydroxyl groups is 1. The van der Waals surface area contributed by atoms with Crippen LogP contribution in [0, 0.1) is 0 Å². The van der Waals surface area contributed by atoms with E-state index >= 15 is 0 Å². The van der Waals surface area contributed by atoms with Gasteiger partial charge in [0.05, 0.1) is 16.7 Å². The Balaban J connectivity index is 1.65. The second-order valence-corrected chi connectivity index (χ2v) is 8.00. The number of hydrogen-bond donors (Lipinski definition) is 2. The third-order valence-corrected chi connectivity index (χ3v) is 5.58. The molecule has 0 aliphatic heterocycles. The number of rotatable bonds is 9. The molecule has 1 aliphatic rings. The Morgan fingerprint density at radius 3 is 2.67 bits per heavy atom. The van der Waals surface area contributed by atoms with Crippen molar-refractivity contribution < 1.29 is 5.11 Å². The molecule has 0 bridgehead atoms. The number of hydrogen-bond acceptors (Lipinski definition) is 3. The van der Waals surface area contributed by atoms with E-state index in [0.717, 1.165) is 29.9 Å². The molecule has 2 rings (SSSR count). The van der Waals surface area contributed by atoms with Crippen molar-refractivity contribution in [2.45, 2.75) is 55.5 Å². The van der Waals surface area contributed by atoms with E-state index in [-0.39, 0.29) is 12.1 Å². The van der Waals surface area contributed by atoms with Gasteiger partial charge in [-0.3, -0.25) is 0 Å². The SMILES string of the molecule is CC(CO)(CCCCSc1ccc(Cl)c(Cl)c1)NC1CC1. The van der Waals surface area contributed by atoms with Crippen molar-refractivity contribution >= 4 is 35.0 Å². The Morgan fingerprint density at radius 2 is 2.05 bits per heavy atom. The first kappa shape index (κ1) is 17.4. The predicted octanol–water partition coefficient (Wildman–Crippen LogP) is 4.76. The zero-order valence-corrected chi connectivity index (χ0v) is 14.7. The number of nitrogens with one attached hydrogen (secondary N) is 1. The number of thioether (sulfide) groups is 1. The van der Waals surface area contributed by atoms with E-state index in [1.165, 1.54) is 12.8 Å². The van der Waals surface area contributed by atoms with E-state index in [9.17, 15) is 5.11 Å². The Hall–Kier alpha value is 0.0700. The van der Waals surface area contributed by atoms with Crippen LogP contribution in [0.25, 0.3) is 0 Å². The largest absolute Gasteiger partial charge is 0.394 e. The van der Waals surface area contributed by atoms with Gasteiger partial charge in [-0.2, -0.15) is 0 Å². The minimum absolute atomic E-state index is 0.116. The maximum absolute atomic E-state index is 9.56. The standard InChI is InChI=1S/C16H23Cl2NOS/c1-16(11-20,19-12-4-5-12)8-2-3-9-21-13-6-7-14(17)15(18)10-13/h6-7,10,12,19-20H,2-5,8-9,11H2,1H3. The van der Waals surface area contributed by atoms with E-state index in [4.69, 9.17) is 23.2 Å². The van der Waals surface area contributed by atoms with Crippen molar-refractivity contribution in [1.82, 2.24) is 5.32 Å². The van der Waals surface area contributed by atoms with Crippen LogP contribution in [0.1, 0.15) is 39.0 Å². The fraction of sp³-hybridized carbons (Fsp3) is 0.625. The molecule has 2 nitrogen and oxygen atoms in total. The molecule has 1 aliphatic carbocycles. The van der Waals surface area contributed by atoms with E-state index in [1.807, 2.05) is 18.2 Å². The molecule has 1 atom stereocenters. The van der Waals surface area contributed by atoms with Crippen molar-refractivity contribution in [3.05, 3.63) is 28.2 Å². The summed E-state index contributed by atoms with van der Waals surface area (Å²) in [7, 11) is 0. The van der Waals surface area contributed by atoms with Gasteiger partial charge in [0, 0.05) is 16.5 Å². The first-order valence-corrected chi connectivity index (χ1v) is 9.23. The quantitative estimate of drug-likeness (QED) is 0.499. The summed E-state index contributed by atoms with van der Waals surface area (Å²) in [6, 6.07) is 6.40. The molecule has 1 unspecified atom stereocenters. The van der Waals surface area contributed by atoms with Crippen molar-refractivity contribution in [2.24, 2.45) is 0 Å². The highest BCUT2D eigenvalue weighted by Crippen LogP contribution is 2.29. The third kappa shape index (κ3) is 5.99. The second kappa shape index (κ2) is 8.07. The molecule has 0 aromatic heterocycles. The maximum atomic E-state index is 9.56. The topological polar surface area (TPSA) is 32.3 Å². The average molecular weight is 348 g/mol. The molecule has 118 valence electrons. The van der Waals surface area contributed by atoms with Crippen LogP contribution >= 0.6 is 35.0 Å². The Morgan fingerprint density at radius 1 is 1.29 bits per heavy atom. The van der Waals surface area contributed by atoms with Gasteiger partial charge in [0.2, 0.25) is 0 Å². The highest BCUT2D eigenvalue weighted by Gasteiger charge is 2.31. The van der Waals surface area contributed by atoms with E-state index in [2.05, 4.69) is 12.2 Å². The van der Waals surface area contributed by atoms with Crippen LogP contribution in [0.15, 0.2) is 23.1 Å². The van der Waals surface area contributed by atoms with E-state index in [0.29, 0.717) is 16.1 Å². The predicted molar refractivity (Wildman–Crippen MR) is 92.7 cm³/mol. The summed E-state index contributed by atoms with van der Waals surface area (Å²) in [5.74, 6) is 1.06. The zero-order chi connectivity index (χ0) is 15.3. The second-order valence-electron chi connectivity index (χ2n) is 6.02. The van der Waals surface area contributed by atoms with Crippen LogP contribution in [0.4, 0.5) is 0 Å². The molecule has 0 radical (unpaired) electrons. The summed E-state index contributed by atoms with van der Waals surface area (Å²) in [6.07, 6.45) is 5.77. The van der Waals surface area contributed by atoms with Crippen molar-refractivity contribution in [1.29, 1.82) is 0 Å². The lowest BCUT2D eigenvalue weighted by atomic mass is 9.96. The van der Waals surface area contributed by atoms with Gasteiger partial charge < -0.3 is 10.4 Å². The lowest BCUT2D eigenvalue weighted by molar-refractivity contribution is 0.161. The summed E-state index contributed by atoms with van der Waals surface area (Å²) in [5, 5.41) is 14.3. The molecule has 1 fully saturated rings. The van der Waals surface area contributed by atoms with Crippen LogP contribution in [0.2, 0.25) is 10.0 Å². The van der Waals surface area contributed by atoms with Gasteiger partial charge in [0.15, 0.2) is 0 Å². The van der Waals surface area contributed by atoms with Gasteiger partial charge in [-0.1, -0.05) is 29.6 Å². The van der Waals surface area contributed by atoms with Crippen molar-refractivity contribution in [2.75, 3.05) is 12.4 Å². The molecule has 0 spiro atoms. The highest BCUT2D eigenvalue weighted by atomic mass is 35.5. The van der Waals surface area contributed by atoms with Crippen LogP contribution in [0.5, 0.6) is 0 Å². The molecule has 21 heavy (non-hydrogen) atoms. The third-order valence-electron chi connectivity index (χ3n) is 3.76. The van der Waals surface area contributed by atoms with Gasteiger partial charge in [0.25, 0.3) is 0 Å². The number of aliphatic hydroxyl groups excluding tert-OH is 1. The Labute approximate surface area is 141 Å². The summed E-state index contributed by atoms with van der Waals surface area (Å²) in [6.45, 7) is 2.33. The average Bonchev–Trinajstić information content (AvgIpc) is 3.26. The van der Waals surface area contributed by atoms with Crippen molar-refractivity contribution in [3.63, 3.8) is 0 Å². The first-order valence-electron chi connectivity index (χ1n) is 7.49. The molecule has 2 N–H and O–H groups in total. The lowest BCUT2D eigenvalue weighted by Crippen LogP contribution is -2.46. The van der Waals surface area contributed by atoms with Gasteiger partial charge >= 0.3 is 0 Å². The normalized spacial score (nSPS) is 17.7. The number of unbranched alkanes of at least 4 members (excludes halogenated alkanes) is 1. The van der Waals surface area contributed by atoms with Gasteiger partial charge in [-0.15, -0.1) is 11.8 Å². The van der Waals surface area contributed by atoms with Crippen LogP contribution < -0.4 is 5.32 Å². The number of halogens is 2. The molecule has 1 aromatic carbocycles. The first-order chi connectivity index (χ1) is 10.0. The number of benzene rings is 1. The molecule has 1 aromatic rings. The van der Waals surface area contributed by atoms with Gasteiger partial charge in [-0.25, -0.2) is 0 Å². The molecule has 1 saturated carbocycles. The van der Waals surface area contributed by atoms with E-state index in [1.54, 1.807) is 11.8 Å². The molecular formula is C16H23Cl2NOS. The van der Waals surface area contributed by atoms with Gasteiger partial charge in [-0.05, 0) is 56.6 Å². The molecule has 0 amide bonds. The summed E-state index contributed by atoms with van der Waals surface area (Å²) < 4.78 is 0. The fourth-order valence-corrected chi connectivity index (χ4v) is 3.60. The van der Waals surface area contributed by atoms with Crippen LogP contribution in [-0.2, 0) is 0 Å². The van der Waals surface area contributed by atoms with Crippen molar-refractivity contribution in [3.8, 4) is 0 Å². The monoisotopic (exact) mass is 347 g/mol. The maximum Gasteiger partial charge on any atom is 0.0610 e. The summed E-state index contributed by atoms with van der Waals surface area (Å²) >= 11 is 13.7. The summed E-state index contributed by atoms with van der Waals surface area (Å²) in [4.78, 5) is 1.16. The minimum atomic E-state index is -0.116.